The van der Waals surface area contributed by atoms with Crippen LogP contribution in [0.3, 0.4) is 0 Å². The van der Waals surface area contributed by atoms with Crippen LogP contribution in [0.4, 0.5) is 13.2 Å². The van der Waals surface area contributed by atoms with Gasteiger partial charge in [-0.1, -0.05) is 5.92 Å². The molecule has 0 saturated carbocycles. The fourth-order valence-electron chi connectivity index (χ4n) is 1.83. The number of alkyl halides is 3. The number of likely N-dealkylation sites (tertiary alicyclic amines) is 1. The number of hydrogen-bond acceptors (Lipinski definition) is 2. The fraction of sp³-hybridized carbons (Fsp3) is 0.800. The molecule has 86 valence electrons. The SMILES string of the molecule is C#CCNCC1CCN(CC(F)(F)F)C1. The second kappa shape index (κ2) is 5.38. The average molecular weight is 220 g/mol. The Morgan fingerprint density at radius 3 is 2.80 bits per heavy atom. The molecule has 0 amide bonds. The molecule has 1 atom stereocenters. The summed E-state index contributed by atoms with van der Waals surface area (Å²) < 4.78 is 36.2. The van der Waals surface area contributed by atoms with Gasteiger partial charge in [-0.3, -0.25) is 4.90 Å². The Bertz CT molecular complexity index is 232. The minimum atomic E-state index is -4.08. The maximum absolute atomic E-state index is 12.1. The van der Waals surface area contributed by atoms with Crippen LogP contribution >= 0.6 is 0 Å². The van der Waals surface area contributed by atoms with Gasteiger partial charge in [0.15, 0.2) is 0 Å². The molecule has 1 aliphatic rings. The molecule has 0 aromatic heterocycles. The van der Waals surface area contributed by atoms with E-state index >= 15 is 0 Å². The number of nitrogens with one attached hydrogen (secondary N) is 1. The van der Waals surface area contributed by atoms with Crippen LogP contribution in [0.1, 0.15) is 6.42 Å². The van der Waals surface area contributed by atoms with Crippen LogP contribution in [0.15, 0.2) is 0 Å². The molecule has 1 fully saturated rings. The molecule has 0 radical (unpaired) electrons. The van der Waals surface area contributed by atoms with E-state index in [0.29, 0.717) is 32.1 Å². The molecule has 0 aromatic carbocycles. The maximum Gasteiger partial charge on any atom is 0.401 e. The molecule has 1 saturated heterocycles. The van der Waals surface area contributed by atoms with Gasteiger partial charge in [0.1, 0.15) is 0 Å². The highest BCUT2D eigenvalue weighted by molar-refractivity contribution is 4.87. The summed E-state index contributed by atoms with van der Waals surface area (Å²) in [7, 11) is 0. The van der Waals surface area contributed by atoms with Gasteiger partial charge in [0, 0.05) is 13.1 Å². The van der Waals surface area contributed by atoms with Gasteiger partial charge in [0.25, 0.3) is 0 Å². The van der Waals surface area contributed by atoms with E-state index in [1.807, 2.05) is 0 Å². The van der Waals surface area contributed by atoms with Crippen LogP contribution in [0, 0.1) is 18.3 Å². The van der Waals surface area contributed by atoms with Crippen LogP contribution in [0.25, 0.3) is 0 Å². The molecule has 2 nitrogen and oxygen atoms in total. The first kappa shape index (κ1) is 12.3. The van der Waals surface area contributed by atoms with Crippen LogP contribution in [-0.2, 0) is 0 Å². The number of terminal acetylenes is 1. The first-order valence-corrected chi connectivity index (χ1v) is 4.94. The van der Waals surface area contributed by atoms with Crippen molar-refractivity contribution in [3.8, 4) is 12.3 Å². The summed E-state index contributed by atoms with van der Waals surface area (Å²) in [6, 6.07) is 0. The lowest BCUT2D eigenvalue weighted by Crippen LogP contribution is -2.33. The summed E-state index contributed by atoms with van der Waals surface area (Å²) in [6.07, 6.45) is 1.78. The zero-order chi connectivity index (χ0) is 11.3. The Kier molecular flexibility index (Phi) is 4.43. The first-order valence-electron chi connectivity index (χ1n) is 4.94. The molecule has 0 aromatic rings. The monoisotopic (exact) mass is 220 g/mol. The predicted molar refractivity (Wildman–Crippen MR) is 52.3 cm³/mol. The van der Waals surface area contributed by atoms with Crippen molar-refractivity contribution in [3.05, 3.63) is 0 Å². The summed E-state index contributed by atoms with van der Waals surface area (Å²) in [5.41, 5.74) is 0. The number of halogens is 3. The largest absolute Gasteiger partial charge is 0.401 e. The zero-order valence-corrected chi connectivity index (χ0v) is 8.48. The average Bonchev–Trinajstić information content (AvgIpc) is 2.50. The third-order valence-corrected chi connectivity index (χ3v) is 2.43. The van der Waals surface area contributed by atoms with Crippen molar-refractivity contribution < 1.29 is 13.2 Å². The normalized spacial score (nSPS) is 22.9. The van der Waals surface area contributed by atoms with Crippen LogP contribution in [0.2, 0.25) is 0 Å². The van der Waals surface area contributed by atoms with Gasteiger partial charge >= 0.3 is 6.18 Å². The van der Waals surface area contributed by atoms with E-state index < -0.39 is 12.7 Å². The van der Waals surface area contributed by atoms with Gasteiger partial charge in [-0.15, -0.1) is 6.42 Å². The zero-order valence-electron chi connectivity index (χ0n) is 8.48. The van der Waals surface area contributed by atoms with Gasteiger partial charge in [-0.2, -0.15) is 13.2 Å². The van der Waals surface area contributed by atoms with Gasteiger partial charge in [-0.05, 0) is 18.9 Å². The Morgan fingerprint density at radius 2 is 2.20 bits per heavy atom. The summed E-state index contributed by atoms with van der Waals surface area (Å²) in [5, 5.41) is 3.02. The summed E-state index contributed by atoms with van der Waals surface area (Å²) in [6.45, 7) is 1.44. The van der Waals surface area contributed by atoms with Crippen LogP contribution in [0.5, 0.6) is 0 Å². The lowest BCUT2D eigenvalue weighted by molar-refractivity contribution is -0.143. The van der Waals surface area contributed by atoms with E-state index in [1.165, 1.54) is 4.90 Å². The Morgan fingerprint density at radius 1 is 1.47 bits per heavy atom. The van der Waals surface area contributed by atoms with Gasteiger partial charge < -0.3 is 5.32 Å². The number of nitrogens with zero attached hydrogens (tertiary/aromatic N) is 1. The van der Waals surface area contributed by atoms with Crippen LogP contribution < -0.4 is 5.32 Å². The van der Waals surface area contributed by atoms with Crippen molar-refractivity contribution >= 4 is 0 Å². The molecule has 1 aliphatic heterocycles. The molecular weight excluding hydrogens is 205 g/mol. The molecule has 15 heavy (non-hydrogen) atoms. The van der Waals surface area contributed by atoms with Crippen molar-refractivity contribution in [1.29, 1.82) is 0 Å². The van der Waals surface area contributed by atoms with E-state index in [9.17, 15) is 13.2 Å². The number of rotatable bonds is 4. The summed E-state index contributed by atoms with van der Waals surface area (Å²) in [5.74, 6) is 2.73. The van der Waals surface area contributed by atoms with Crippen molar-refractivity contribution in [3.63, 3.8) is 0 Å². The maximum atomic E-state index is 12.1. The first-order chi connectivity index (χ1) is 7.01. The Labute approximate surface area is 87.8 Å². The third-order valence-electron chi connectivity index (χ3n) is 2.43. The Hall–Kier alpha value is -0.730. The molecule has 1 N–H and O–H groups in total. The molecule has 0 aliphatic carbocycles. The minimum Gasteiger partial charge on any atom is -0.306 e. The third kappa shape index (κ3) is 5.05. The molecule has 0 bridgehead atoms. The van der Waals surface area contributed by atoms with Crippen molar-refractivity contribution in [2.75, 3.05) is 32.7 Å². The van der Waals surface area contributed by atoms with E-state index in [0.717, 1.165) is 6.42 Å². The molecule has 1 heterocycles. The topological polar surface area (TPSA) is 15.3 Å². The highest BCUT2D eigenvalue weighted by atomic mass is 19.4. The van der Waals surface area contributed by atoms with Crippen LogP contribution in [-0.4, -0.2) is 43.8 Å². The lowest BCUT2D eigenvalue weighted by Gasteiger charge is -2.17. The fourth-order valence-corrected chi connectivity index (χ4v) is 1.83. The summed E-state index contributed by atoms with van der Waals surface area (Å²) >= 11 is 0. The van der Waals surface area contributed by atoms with Crippen molar-refractivity contribution in [2.45, 2.75) is 12.6 Å². The second-order valence-corrected chi connectivity index (χ2v) is 3.84. The lowest BCUT2D eigenvalue weighted by atomic mass is 10.1. The molecule has 1 unspecified atom stereocenters. The van der Waals surface area contributed by atoms with E-state index in [1.54, 1.807) is 0 Å². The standard InChI is InChI=1S/C10H15F3N2/c1-2-4-14-6-9-3-5-15(7-9)8-10(11,12)13/h1,9,14H,3-8H2. The molecule has 5 heteroatoms. The molecule has 1 rings (SSSR count). The van der Waals surface area contributed by atoms with Gasteiger partial charge in [0.05, 0.1) is 13.1 Å². The predicted octanol–water partition coefficient (Wildman–Crippen LogP) is 1.09. The highest BCUT2D eigenvalue weighted by Gasteiger charge is 2.33. The van der Waals surface area contributed by atoms with Gasteiger partial charge in [-0.25, -0.2) is 0 Å². The van der Waals surface area contributed by atoms with Crippen molar-refractivity contribution in [2.24, 2.45) is 5.92 Å². The van der Waals surface area contributed by atoms with Crippen molar-refractivity contribution in [1.82, 2.24) is 10.2 Å². The van der Waals surface area contributed by atoms with E-state index in [2.05, 4.69) is 11.2 Å². The Balaban J connectivity index is 2.19. The van der Waals surface area contributed by atoms with Gasteiger partial charge in [0.2, 0.25) is 0 Å². The quantitative estimate of drug-likeness (QED) is 0.563. The second-order valence-electron chi connectivity index (χ2n) is 3.84. The summed E-state index contributed by atoms with van der Waals surface area (Å²) in [4.78, 5) is 1.45. The van der Waals surface area contributed by atoms with E-state index in [4.69, 9.17) is 6.42 Å². The number of hydrogen-bond donors (Lipinski definition) is 1. The molecular formula is C10H15F3N2. The van der Waals surface area contributed by atoms with E-state index in [-0.39, 0.29) is 0 Å². The smallest absolute Gasteiger partial charge is 0.306 e. The molecule has 0 spiro atoms. The minimum absolute atomic E-state index is 0.292. The highest BCUT2D eigenvalue weighted by Crippen LogP contribution is 2.22.